The fourth-order valence-corrected chi connectivity index (χ4v) is 3.37. The molecule has 0 saturated carbocycles. The molecule has 0 radical (unpaired) electrons. The van der Waals surface area contributed by atoms with E-state index in [2.05, 4.69) is 5.32 Å². The lowest BCUT2D eigenvalue weighted by Crippen LogP contribution is -2.40. The number of carbonyl (C=O) groups excluding carboxylic acids is 4. The Bertz CT molecular complexity index is 964. The molecule has 3 rings (SSSR count). The molecule has 0 bridgehead atoms. The zero-order valence-corrected chi connectivity index (χ0v) is 17.1. The molecule has 1 fully saturated rings. The quantitative estimate of drug-likeness (QED) is 0.566. The maximum Gasteiger partial charge on any atom is 0.309 e. The molecule has 31 heavy (non-hydrogen) atoms. The first-order chi connectivity index (χ1) is 14.8. The van der Waals surface area contributed by atoms with E-state index in [-0.39, 0.29) is 30.1 Å². The van der Waals surface area contributed by atoms with Gasteiger partial charge in [0.1, 0.15) is 5.82 Å². The van der Waals surface area contributed by atoms with Crippen molar-refractivity contribution in [3.05, 3.63) is 65.5 Å². The third-order valence-corrected chi connectivity index (χ3v) is 5.08. The second kappa shape index (κ2) is 9.97. The summed E-state index contributed by atoms with van der Waals surface area (Å²) in [5.74, 6) is -2.00. The lowest BCUT2D eigenvalue weighted by molar-refractivity contribution is -0.148. The van der Waals surface area contributed by atoms with Gasteiger partial charge in [-0.25, -0.2) is 4.39 Å². The Kier molecular flexibility index (Phi) is 7.12. The van der Waals surface area contributed by atoms with Gasteiger partial charge in [-0.15, -0.1) is 0 Å². The number of hydrogen-bond acceptors (Lipinski definition) is 5. The van der Waals surface area contributed by atoms with Gasteiger partial charge >= 0.3 is 5.97 Å². The normalized spacial score (nSPS) is 14.1. The number of nitrogens with zero attached hydrogens (tertiary/aromatic N) is 1. The zero-order valence-electron chi connectivity index (χ0n) is 17.1. The average Bonchev–Trinajstić information content (AvgIpc) is 2.77. The predicted octanol–water partition coefficient (Wildman–Crippen LogP) is 3.06. The van der Waals surface area contributed by atoms with Crippen LogP contribution < -0.4 is 5.32 Å². The fraction of sp³-hybridized carbons (Fsp3) is 0.304. The molecule has 1 aliphatic rings. The van der Waals surface area contributed by atoms with E-state index in [1.807, 2.05) is 0 Å². The van der Waals surface area contributed by atoms with Gasteiger partial charge in [0, 0.05) is 36.8 Å². The number of likely N-dealkylation sites (tertiary alicyclic amines) is 1. The molecule has 8 heteroatoms. The molecule has 2 amide bonds. The maximum absolute atomic E-state index is 13.0. The molecule has 0 spiro atoms. The molecule has 0 aromatic heterocycles. The van der Waals surface area contributed by atoms with Crippen molar-refractivity contribution in [2.24, 2.45) is 5.92 Å². The van der Waals surface area contributed by atoms with Gasteiger partial charge in [0.25, 0.3) is 5.91 Å². The van der Waals surface area contributed by atoms with Crippen molar-refractivity contribution in [1.29, 1.82) is 0 Å². The number of rotatable bonds is 6. The van der Waals surface area contributed by atoms with Gasteiger partial charge in [0.05, 0.1) is 5.92 Å². The molecule has 1 aliphatic heterocycles. The van der Waals surface area contributed by atoms with E-state index in [9.17, 15) is 23.6 Å². The number of piperidine rings is 1. The largest absolute Gasteiger partial charge is 0.457 e. The molecular weight excluding hydrogens is 403 g/mol. The number of nitrogens with one attached hydrogen (secondary N) is 1. The van der Waals surface area contributed by atoms with Crippen LogP contribution in [0.1, 0.15) is 40.5 Å². The van der Waals surface area contributed by atoms with Gasteiger partial charge in [0.2, 0.25) is 5.91 Å². The lowest BCUT2D eigenvalue weighted by Gasteiger charge is -2.31. The third kappa shape index (κ3) is 5.97. The first kappa shape index (κ1) is 22.1. The maximum atomic E-state index is 13.0. The van der Waals surface area contributed by atoms with E-state index < -0.39 is 11.8 Å². The van der Waals surface area contributed by atoms with E-state index in [1.165, 1.54) is 31.2 Å². The van der Waals surface area contributed by atoms with Gasteiger partial charge in [-0.3, -0.25) is 19.2 Å². The highest BCUT2D eigenvalue weighted by Crippen LogP contribution is 2.21. The summed E-state index contributed by atoms with van der Waals surface area (Å²) in [6.45, 7) is 1.79. The van der Waals surface area contributed by atoms with Crippen molar-refractivity contribution in [1.82, 2.24) is 4.90 Å². The van der Waals surface area contributed by atoms with E-state index in [4.69, 9.17) is 4.74 Å². The van der Waals surface area contributed by atoms with Crippen LogP contribution in [0.5, 0.6) is 0 Å². The summed E-state index contributed by atoms with van der Waals surface area (Å²) in [5.41, 5.74) is 1.35. The summed E-state index contributed by atoms with van der Waals surface area (Å²) < 4.78 is 18.2. The minimum Gasteiger partial charge on any atom is -0.457 e. The smallest absolute Gasteiger partial charge is 0.309 e. The van der Waals surface area contributed by atoms with Gasteiger partial charge in [-0.05, 0) is 61.4 Å². The van der Waals surface area contributed by atoms with Crippen LogP contribution >= 0.6 is 0 Å². The second-order valence-corrected chi connectivity index (χ2v) is 7.36. The SMILES string of the molecule is CC(=O)Nc1ccc(C(=O)COC(=O)C2CCN(C(=O)c3ccc(F)cc3)CC2)cc1. The molecule has 1 N–H and O–H groups in total. The number of ketones is 1. The van der Waals surface area contributed by atoms with Gasteiger partial charge < -0.3 is 15.0 Å². The standard InChI is InChI=1S/C23H23FN2O5/c1-15(27)25-20-8-4-16(5-9-20)21(28)14-31-23(30)18-10-12-26(13-11-18)22(29)17-2-6-19(24)7-3-17/h2-9,18H,10-14H2,1H3,(H,25,27). The highest BCUT2D eigenvalue weighted by atomic mass is 19.1. The second-order valence-electron chi connectivity index (χ2n) is 7.36. The molecule has 0 atom stereocenters. The number of halogens is 1. The number of carbonyl (C=O) groups is 4. The van der Waals surface area contributed by atoms with Gasteiger partial charge in [-0.2, -0.15) is 0 Å². The predicted molar refractivity (Wildman–Crippen MR) is 111 cm³/mol. The number of amides is 2. The summed E-state index contributed by atoms with van der Waals surface area (Å²) in [6.07, 6.45) is 0.872. The van der Waals surface area contributed by atoms with Crippen LogP contribution in [0.25, 0.3) is 0 Å². The molecule has 2 aromatic carbocycles. The van der Waals surface area contributed by atoms with E-state index in [0.29, 0.717) is 42.7 Å². The summed E-state index contributed by atoms with van der Waals surface area (Å²) in [5, 5.41) is 2.61. The van der Waals surface area contributed by atoms with Crippen molar-refractivity contribution in [2.75, 3.05) is 25.0 Å². The Hall–Kier alpha value is -3.55. The summed E-state index contributed by atoms with van der Waals surface area (Å²) in [4.78, 5) is 49.7. The van der Waals surface area contributed by atoms with Crippen LogP contribution in [0, 0.1) is 11.7 Å². The van der Waals surface area contributed by atoms with Crippen LogP contribution in [0.15, 0.2) is 48.5 Å². The first-order valence-corrected chi connectivity index (χ1v) is 9.96. The molecule has 7 nitrogen and oxygen atoms in total. The van der Waals surface area contributed by atoms with Crippen LogP contribution in [0.4, 0.5) is 10.1 Å². The van der Waals surface area contributed by atoms with E-state index in [1.54, 1.807) is 29.2 Å². The van der Waals surface area contributed by atoms with Gasteiger partial charge in [0.15, 0.2) is 12.4 Å². The molecule has 162 valence electrons. The monoisotopic (exact) mass is 426 g/mol. The topological polar surface area (TPSA) is 92.8 Å². The van der Waals surface area contributed by atoms with E-state index in [0.717, 1.165) is 0 Å². The van der Waals surface area contributed by atoms with Crippen molar-refractivity contribution in [2.45, 2.75) is 19.8 Å². The number of hydrogen-bond donors (Lipinski definition) is 1. The Morgan fingerprint density at radius 3 is 2.13 bits per heavy atom. The Morgan fingerprint density at radius 2 is 1.55 bits per heavy atom. The summed E-state index contributed by atoms with van der Waals surface area (Å²) >= 11 is 0. The fourth-order valence-electron chi connectivity index (χ4n) is 3.37. The number of ether oxygens (including phenoxy) is 1. The molecule has 1 saturated heterocycles. The summed E-state index contributed by atoms with van der Waals surface area (Å²) in [7, 11) is 0. The molecule has 0 aliphatic carbocycles. The minimum atomic E-state index is -0.461. The average molecular weight is 426 g/mol. The van der Waals surface area contributed by atoms with Crippen molar-refractivity contribution < 1.29 is 28.3 Å². The molecule has 1 heterocycles. The van der Waals surface area contributed by atoms with Crippen LogP contribution in [-0.4, -0.2) is 48.2 Å². The van der Waals surface area contributed by atoms with Crippen LogP contribution in [0.3, 0.4) is 0 Å². The first-order valence-electron chi connectivity index (χ1n) is 9.96. The third-order valence-electron chi connectivity index (χ3n) is 5.08. The van der Waals surface area contributed by atoms with Gasteiger partial charge in [-0.1, -0.05) is 0 Å². The van der Waals surface area contributed by atoms with Crippen molar-refractivity contribution in [3.63, 3.8) is 0 Å². The number of benzene rings is 2. The Labute approximate surface area is 179 Å². The Morgan fingerprint density at radius 1 is 0.968 bits per heavy atom. The number of esters is 1. The van der Waals surface area contributed by atoms with E-state index >= 15 is 0 Å². The Balaban J connectivity index is 1.45. The lowest BCUT2D eigenvalue weighted by atomic mass is 9.96. The van der Waals surface area contributed by atoms with Crippen molar-refractivity contribution >= 4 is 29.3 Å². The van der Waals surface area contributed by atoms with Crippen LogP contribution in [-0.2, 0) is 14.3 Å². The highest BCUT2D eigenvalue weighted by molar-refractivity contribution is 5.99. The molecule has 2 aromatic rings. The highest BCUT2D eigenvalue weighted by Gasteiger charge is 2.29. The minimum absolute atomic E-state index is 0.204. The number of Topliss-reactive ketones (excluding diaryl/α,β-unsaturated/α-hetero) is 1. The molecule has 0 unspecified atom stereocenters. The van der Waals surface area contributed by atoms with Crippen LogP contribution in [0.2, 0.25) is 0 Å². The number of anilines is 1. The summed E-state index contributed by atoms with van der Waals surface area (Å²) in [6, 6.07) is 11.7. The zero-order chi connectivity index (χ0) is 22.4. The molecular formula is C23H23FN2O5. The van der Waals surface area contributed by atoms with Crippen molar-refractivity contribution in [3.8, 4) is 0 Å².